The monoisotopic (exact) mass is 301 g/mol. The van der Waals surface area contributed by atoms with E-state index < -0.39 is 12.1 Å². The van der Waals surface area contributed by atoms with Crippen LogP contribution >= 0.6 is 23.2 Å². The highest BCUT2D eigenvalue weighted by atomic mass is 35.5. The molecule has 0 aliphatic rings. The maximum atomic E-state index is 12.7. The molecule has 0 saturated carbocycles. The molecule has 0 aliphatic carbocycles. The molecule has 2 rings (SSSR count). The number of aromatic nitrogens is 2. The van der Waals surface area contributed by atoms with Crippen molar-refractivity contribution in [3.8, 4) is 6.07 Å². The largest absolute Gasteiger partial charge is 0.283 e. The van der Waals surface area contributed by atoms with Gasteiger partial charge in [0.25, 0.3) is 6.43 Å². The van der Waals surface area contributed by atoms with Gasteiger partial charge in [-0.1, -0.05) is 35.3 Å². The molecule has 0 atom stereocenters. The van der Waals surface area contributed by atoms with Gasteiger partial charge in [0.2, 0.25) is 0 Å². The average Bonchev–Trinajstić information content (AvgIpc) is 2.66. The molecule has 0 unspecified atom stereocenters. The van der Waals surface area contributed by atoms with Crippen molar-refractivity contribution in [1.29, 1.82) is 5.26 Å². The summed E-state index contributed by atoms with van der Waals surface area (Å²) < 4.78 is 26.6. The lowest BCUT2D eigenvalue weighted by atomic mass is 10.2. The molecule has 0 fully saturated rings. The Bertz CT molecular complexity index is 647. The molecule has 0 saturated heterocycles. The molecule has 19 heavy (non-hydrogen) atoms. The molecule has 0 radical (unpaired) electrons. The molecule has 0 amide bonds. The third kappa shape index (κ3) is 2.86. The molecule has 0 aliphatic heterocycles. The van der Waals surface area contributed by atoms with Gasteiger partial charge < -0.3 is 0 Å². The van der Waals surface area contributed by atoms with E-state index in [9.17, 15) is 8.78 Å². The first-order chi connectivity index (χ1) is 9.02. The first-order valence-electron chi connectivity index (χ1n) is 5.22. The quantitative estimate of drug-likeness (QED) is 0.858. The first kappa shape index (κ1) is 13.8. The predicted octanol–water partition coefficient (Wildman–Crippen LogP) is 4.05. The van der Waals surface area contributed by atoms with Gasteiger partial charge in [0.05, 0.1) is 6.54 Å². The number of alkyl halides is 2. The summed E-state index contributed by atoms with van der Waals surface area (Å²) >= 11 is 11.7. The van der Waals surface area contributed by atoms with Gasteiger partial charge in [0, 0.05) is 5.02 Å². The maximum Gasteiger partial charge on any atom is 0.283 e. The number of halogens is 4. The zero-order valence-electron chi connectivity index (χ0n) is 9.45. The van der Waals surface area contributed by atoms with Crippen molar-refractivity contribution in [2.45, 2.75) is 13.0 Å². The van der Waals surface area contributed by atoms with Gasteiger partial charge in [-0.3, -0.25) is 0 Å². The number of hydrogen-bond acceptors (Lipinski definition) is 2. The second-order valence-electron chi connectivity index (χ2n) is 3.75. The first-order valence-corrected chi connectivity index (χ1v) is 5.97. The van der Waals surface area contributed by atoms with Gasteiger partial charge in [0.1, 0.15) is 22.5 Å². The Kier molecular flexibility index (Phi) is 4.03. The second-order valence-corrected chi connectivity index (χ2v) is 4.55. The Labute approximate surface area is 118 Å². The summed E-state index contributed by atoms with van der Waals surface area (Å²) in [6, 6.07) is 8.50. The van der Waals surface area contributed by atoms with Crippen molar-refractivity contribution in [2.75, 3.05) is 0 Å². The van der Waals surface area contributed by atoms with E-state index in [1.54, 1.807) is 30.3 Å². The van der Waals surface area contributed by atoms with E-state index >= 15 is 0 Å². The molecule has 3 nitrogen and oxygen atoms in total. The smallest absolute Gasteiger partial charge is 0.248 e. The molecular weight excluding hydrogens is 295 g/mol. The van der Waals surface area contributed by atoms with Crippen molar-refractivity contribution in [3.05, 3.63) is 51.3 Å². The molecule has 1 aromatic heterocycles. The Morgan fingerprint density at radius 2 is 2.11 bits per heavy atom. The summed E-state index contributed by atoms with van der Waals surface area (Å²) in [6.07, 6.45) is -2.84. The second kappa shape index (κ2) is 5.55. The Morgan fingerprint density at radius 3 is 2.63 bits per heavy atom. The normalized spacial score (nSPS) is 10.7. The van der Waals surface area contributed by atoms with Gasteiger partial charge in [0.15, 0.2) is 0 Å². The van der Waals surface area contributed by atoms with Crippen molar-refractivity contribution in [1.82, 2.24) is 9.78 Å². The molecule has 1 heterocycles. The molecule has 0 N–H and O–H groups in total. The maximum absolute atomic E-state index is 12.7. The zero-order valence-corrected chi connectivity index (χ0v) is 11.0. The van der Waals surface area contributed by atoms with Crippen molar-refractivity contribution in [2.24, 2.45) is 0 Å². The van der Waals surface area contributed by atoms with Crippen LogP contribution in [0.1, 0.15) is 23.2 Å². The standard InChI is InChI=1S/C12H7Cl2F2N3/c13-8-3-1-2-7(4-8)6-19-11(14)9(5-17)10(18-19)12(15)16/h1-4,12H,6H2. The summed E-state index contributed by atoms with van der Waals surface area (Å²) in [5.74, 6) is 0. The van der Waals surface area contributed by atoms with E-state index in [1.165, 1.54) is 0 Å². The molecule has 7 heteroatoms. The summed E-state index contributed by atoms with van der Waals surface area (Å²) in [4.78, 5) is 0. The minimum absolute atomic E-state index is 0.0993. The highest BCUT2D eigenvalue weighted by molar-refractivity contribution is 6.31. The van der Waals surface area contributed by atoms with Crippen LogP contribution in [0, 0.1) is 11.3 Å². The Morgan fingerprint density at radius 1 is 1.37 bits per heavy atom. The van der Waals surface area contributed by atoms with E-state index in [0.29, 0.717) is 5.02 Å². The third-order valence-electron chi connectivity index (χ3n) is 2.46. The fourth-order valence-corrected chi connectivity index (χ4v) is 2.08. The number of benzene rings is 1. The van der Waals surface area contributed by atoms with Crippen molar-refractivity contribution < 1.29 is 8.78 Å². The van der Waals surface area contributed by atoms with Crippen LogP contribution in [-0.4, -0.2) is 9.78 Å². The van der Waals surface area contributed by atoms with Crippen LogP contribution < -0.4 is 0 Å². The topological polar surface area (TPSA) is 41.6 Å². The SMILES string of the molecule is N#Cc1c(C(F)F)nn(Cc2cccc(Cl)c2)c1Cl. The lowest BCUT2D eigenvalue weighted by molar-refractivity contribution is 0.144. The number of hydrogen-bond donors (Lipinski definition) is 0. The zero-order chi connectivity index (χ0) is 14.0. The molecular formula is C12H7Cl2F2N3. The number of nitrogens with zero attached hydrogens (tertiary/aromatic N) is 3. The van der Waals surface area contributed by atoms with Crippen molar-refractivity contribution in [3.63, 3.8) is 0 Å². The van der Waals surface area contributed by atoms with Crippen LogP contribution in [0.3, 0.4) is 0 Å². The average molecular weight is 302 g/mol. The Balaban J connectivity index is 2.39. The number of rotatable bonds is 3. The number of nitriles is 1. The molecule has 0 spiro atoms. The molecule has 98 valence electrons. The predicted molar refractivity (Wildman–Crippen MR) is 67.5 cm³/mol. The van der Waals surface area contributed by atoms with Gasteiger partial charge >= 0.3 is 0 Å². The van der Waals surface area contributed by atoms with E-state index in [1.807, 2.05) is 0 Å². The van der Waals surface area contributed by atoms with Crippen molar-refractivity contribution >= 4 is 23.2 Å². The van der Waals surface area contributed by atoms with Crippen LogP contribution in [0.4, 0.5) is 8.78 Å². The van der Waals surface area contributed by atoms with E-state index in [-0.39, 0.29) is 17.3 Å². The van der Waals surface area contributed by atoms with Crippen LogP contribution in [-0.2, 0) is 6.54 Å². The van der Waals surface area contributed by atoms with E-state index in [4.69, 9.17) is 28.5 Å². The van der Waals surface area contributed by atoms with Crippen LogP contribution in [0.2, 0.25) is 10.2 Å². The Hall–Kier alpha value is -1.64. The summed E-state index contributed by atoms with van der Waals surface area (Å²) in [5.41, 5.74) is -0.143. The summed E-state index contributed by atoms with van der Waals surface area (Å²) in [6.45, 7) is 0.167. The van der Waals surface area contributed by atoms with Gasteiger partial charge in [-0.2, -0.15) is 10.4 Å². The third-order valence-corrected chi connectivity index (χ3v) is 3.08. The summed E-state index contributed by atoms with van der Waals surface area (Å²) in [7, 11) is 0. The van der Waals surface area contributed by atoms with Crippen LogP contribution in [0.15, 0.2) is 24.3 Å². The highest BCUT2D eigenvalue weighted by Crippen LogP contribution is 2.27. The lowest BCUT2D eigenvalue weighted by Gasteiger charge is -2.03. The fourth-order valence-electron chi connectivity index (χ4n) is 1.63. The van der Waals surface area contributed by atoms with Gasteiger partial charge in [-0.15, -0.1) is 0 Å². The molecule has 0 bridgehead atoms. The fraction of sp³-hybridized carbons (Fsp3) is 0.167. The molecule has 1 aromatic carbocycles. The van der Waals surface area contributed by atoms with Crippen LogP contribution in [0.5, 0.6) is 0 Å². The van der Waals surface area contributed by atoms with E-state index in [0.717, 1.165) is 10.2 Å². The highest BCUT2D eigenvalue weighted by Gasteiger charge is 2.23. The minimum atomic E-state index is -2.84. The van der Waals surface area contributed by atoms with Gasteiger partial charge in [-0.05, 0) is 17.7 Å². The van der Waals surface area contributed by atoms with Gasteiger partial charge in [-0.25, -0.2) is 13.5 Å². The van der Waals surface area contributed by atoms with E-state index in [2.05, 4.69) is 5.10 Å². The minimum Gasteiger partial charge on any atom is -0.248 e. The van der Waals surface area contributed by atoms with Crippen LogP contribution in [0.25, 0.3) is 0 Å². The lowest BCUT2D eigenvalue weighted by Crippen LogP contribution is -2.02. The molecule has 2 aromatic rings. The summed E-state index contributed by atoms with van der Waals surface area (Å²) in [5, 5.41) is 12.9.